The third-order valence-corrected chi connectivity index (χ3v) is 3.44. The van der Waals surface area contributed by atoms with Crippen LogP contribution in [-0.2, 0) is 6.61 Å². The second-order valence-electron chi connectivity index (χ2n) is 4.88. The Balaban J connectivity index is 1.89. The molecule has 112 valence electrons. The van der Waals surface area contributed by atoms with Gasteiger partial charge in [-0.05, 0) is 42.8 Å². The van der Waals surface area contributed by atoms with E-state index in [-0.39, 0.29) is 17.2 Å². The fraction of sp³-hybridized carbons (Fsp3) is 0.125. The van der Waals surface area contributed by atoms with Crippen LogP contribution in [0.15, 0.2) is 47.4 Å². The van der Waals surface area contributed by atoms with E-state index in [1.165, 1.54) is 28.7 Å². The number of nitrogens with zero attached hydrogens (tertiary/aromatic N) is 2. The van der Waals surface area contributed by atoms with Crippen LogP contribution in [0.1, 0.15) is 11.3 Å². The van der Waals surface area contributed by atoms with Gasteiger partial charge in [0.05, 0.1) is 10.7 Å². The standard InChI is InChI=1S/C16H12ClFN2O2/c1-10-4-5-20-15(6-10)19-12(8-16(20)21)9-22-14-3-2-11(18)7-13(14)17/h2-8H,9H2,1H3. The first-order valence-electron chi connectivity index (χ1n) is 6.60. The fourth-order valence-electron chi connectivity index (χ4n) is 2.07. The van der Waals surface area contributed by atoms with Gasteiger partial charge in [0.1, 0.15) is 23.8 Å². The van der Waals surface area contributed by atoms with Crippen LogP contribution in [-0.4, -0.2) is 9.38 Å². The Bertz CT molecular complexity index is 908. The lowest BCUT2D eigenvalue weighted by molar-refractivity contribution is 0.301. The predicted molar refractivity (Wildman–Crippen MR) is 81.9 cm³/mol. The van der Waals surface area contributed by atoms with Crippen molar-refractivity contribution in [3.05, 3.63) is 75.0 Å². The number of aromatic nitrogens is 2. The number of aryl methyl sites for hydroxylation is 1. The molecule has 0 saturated heterocycles. The summed E-state index contributed by atoms with van der Waals surface area (Å²) in [5.74, 6) is -0.0933. The minimum atomic E-state index is -0.435. The summed E-state index contributed by atoms with van der Waals surface area (Å²) in [7, 11) is 0. The number of rotatable bonds is 3. The van der Waals surface area contributed by atoms with Crippen LogP contribution in [0.25, 0.3) is 5.65 Å². The molecule has 0 aliphatic heterocycles. The van der Waals surface area contributed by atoms with Crippen molar-refractivity contribution < 1.29 is 9.13 Å². The van der Waals surface area contributed by atoms with Gasteiger partial charge < -0.3 is 4.74 Å². The Morgan fingerprint density at radius 2 is 2.09 bits per heavy atom. The maximum atomic E-state index is 13.0. The zero-order chi connectivity index (χ0) is 15.7. The number of hydrogen-bond donors (Lipinski definition) is 0. The summed E-state index contributed by atoms with van der Waals surface area (Å²) < 4.78 is 19.9. The first kappa shape index (κ1) is 14.5. The van der Waals surface area contributed by atoms with Crippen molar-refractivity contribution in [2.75, 3.05) is 0 Å². The largest absolute Gasteiger partial charge is 0.486 e. The van der Waals surface area contributed by atoms with Crippen molar-refractivity contribution in [1.82, 2.24) is 9.38 Å². The molecule has 0 aliphatic carbocycles. The summed E-state index contributed by atoms with van der Waals surface area (Å²) in [6.45, 7) is 2.00. The van der Waals surface area contributed by atoms with E-state index in [0.29, 0.717) is 17.1 Å². The third kappa shape index (κ3) is 2.94. The molecule has 2 aromatic heterocycles. The number of benzene rings is 1. The molecule has 1 aromatic carbocycles. The molecular formula is C16H12ClFN2O2. The quantitative estimate of drug-likeness (QED) is 0.743. The highest BCUT2D eigenvalue weighted by atomic mass is 35.5. The summed E-state index contributed by atoms with van der Waals surface area (Å²) in [4.78, 5) is 16.4. The van der Waals surface area contributed by atoms with Gasteiger partial charge in [0.2, 0.25) is 0 Å². The first-order chi connectivity index (χ1) is 10.5. The summed E-state index contributed by atoms with van der Waals surface area (Å²) >= 11 is 5.89. The molecule has 2 heterocycles. The summed E-state index contributed by atoms with van der Waals surface area (Å²) in [5, 5.41) is 0.174. The first-order valence-corrected chi connectivity index (χ1v) is 6.97. The zero-order valence-corrected chi connectivity index (χ0v) is 12.5. The molecule has 0 saturated carbocycles. The second kappa shape index (κ2) is 5.77. The van der Waals surface area contributed by atoms with Crippen LogP contribution in [0.5, 0.6) is 5.75 Å². The molecule has 0 spiro atoms. The molecule has 0 unspecified atom stereocenters. The molecule has 3 rings (SSSR count). The smallest absolute Gasteiger partial charge is 0.258 e. The molecule has 6 heteroatoms. The molecule has 0 aliphatic rings. The van der Waals surface area contributed by atoms with E-state index in [2.05, 4.69) is 4.98 Å². The van der Waals surface area contributed by atoms with E-state index >= 15 is 0 Å². The summed E-state index contributed by atoms with van der Waals surface area (Å²) in [6, 6.07) is 8.92. The topological polar surface area (TPSA) is 43.6 Å². The van der Waals surface area contributed by atoms with Gasteiger partial charge in [-0.2, -0.15) is 0 Å². The average molecular weight is 319 g/mol. The molecule has 0 N–H and O–H groups in total. The lowest BCUT2D eigenvalue weighted by atomic mass is 10.3. The van der Waals surface area contributed by atoms with Crippen LogP contribution < -0.4 is 10.3 Å². The zero-order valence-electron chi connectivity index (χ0n) is 11.7. The molecule has 0 bridgehead atoms. The van der Waals surface area contributed by atoms with Gasteiger partial charge in [-0.15, -0.1) is 0 Å². The molecular weight excluding hydrogens is 307 g/mol. The van der Waals surface area contributed by atoms with Gasteiger partial charge in [0.15, 0.2) is 0 Å². The summed E-state index contributed by atoms with van der Waals surface area (Å²) in [6.07, 6.45) is 1.68. The van der Waals surface area contributed by atoms with Crippen LogP contribution in [0.4, 0.5) is 4.39 Å². The van der Waals surface area contributed by atoms with Gasteiger partial charge in [0, 0.05) is 12.3 Å². The minimum Gasteiger partial charge on any atom is -0.486 e. The Labute approximate surface area is 130 Å². The van der Waals surface area contributed by atoms with Crippen molar-refractivity contribution in [3.63, 3.8) is 0 Å². The van der Waals surface area contributed by atoms with Gasteiger partial charge in [-0.1, -0.05) is 11.6 Å². The highest BCUT2D eigenvalue weighted by molar-refractivity contribution is 6.32. The molecule has 4 nitrogen and oxygen atoms in total. The van der Waals surface area contributed by atoms with E-state index < -0.39 is 5.82 Å². The minimum absolute atomic E-state index is 0.0744. The number of hydrogen-bond acceptors (Lipinski definition) is 3. The van der Waals surface area contributed by atoms with Crippen LogP contribution in [0, 0.1) is 12.7 Å². The Morgan fingerprint density at radius 1 is 1.27 bits per heavy atom. The van der Waals surface area contributed by atoms with Crippen molar-refractivity contribution in [1.29, 1.82) is 0 Å². The lowest BCUT2D eigenvalue weighted by Crippen LogP contribution is -2.16. The SMILES string of the molecule is Cc1ccn2c(=O)cc(COc3ccc(F)cc3Cl)nc2c1. The number of pyridine rings is 1. The van der Waals surface area contributed by atoms with Gasteiger partial charge in [-0.25, -0.2) is 9.37 Å². The Hall–Kier alpha value is -2.40. The Kier molecular flexibility index (Phi) is 3.81. The molecule has 0 amide bonds. The monoisotopic (exact) mass is 318 g/mol. The number of halogens is 2. The van der Waals surface area contributed by atoms with Crippen LogP contribution >= 0.6 is 11.6 Å². The van der Waals surface area contributed by atoms with Crippen molar-refractivity contribution >= 4 is 17.2 Å². The molecule has 3 aromatic rings. The highest BCUT2D eigenvalue weighted by Crippen LogP contribution is 2.25. The van der Waals surface area contributed by atoms with E-state index in [9.17, 15) is 9.18 Å². The highest BCUT2D eigenvalue weighted by Gasteiger charge is 2.06. The predicted octanol–water partition coefficient (Wildman–Crippen LogP) is 3.37. The number of fused-ring (bicyclic) bond motifs is 1. The van der Waals surface area contributed by atoms with E-state index in [4.69, 9.17) is 16.3 Å². The van der Waals surface area contributed by atoms with E-state index in [1.807, 2.05) is 19.1 Å². The van der Waals surface area contributed by atoms with Crippen molar-refractivity contribution in [2.24, 2.45) is 0 Å². The third-order valence-electron chi connectivity index (χ3n) is 3.15. The van der Waals surface area contributed by atoms with Gasteiger partial charge in [0.25, 0.3) is 5.56 Å². The lowest BCUT2D eigenvalue weighted by Gasteiger charge is -2.08. The molecule has 22 heavy (non-hydrogen) atoms. The number of ether oxygens (including phenoxy) is 1. The molecule has 0 fully saturated rings. The Morgan fingerprint density at radius 3 is 2.86 bits per heavy atom. The second-order valence-corrected chi connectivity index (χ2v) is 5.29. The van der Waals surface area contributed by atoms with Gasteiger partial charge in [-0.3, -0.25) is 9.20 Å². The van der Waals surface area contributed by atoms with Crippen molar-refractivity contribution in [3.8, 4) is 5.75 Å². The molecule has 0 atom stereocenters. The molecule has 0 radical (unpaired) electrons. The maximum Gasteiger partial charge on any atom is 0.258 e. The fourth-order valence-corrected chi connectivity index (χ4v) is 2.29. The van der Waals surface area contributed by atoms with Crippen molar-refractivity contribution in [2.45, 2.75) is 13.5 Å². The summed E-state index contributed by atoms with van der Waals surface area (Å²) in [5.41, 5.74) is 1.85. The van der Waals surface area contributed by atoms with Gasteiger partial charge >= 0.3 is 0 Å². The van der Waals surface area contributed by atoms with Crippen LogP contribution in [0.2, 0.25) is 5.02 Å². The normalized spacial score (nSPS) is 10.9. The van der Waals surface area contributed by atoms with E-state index in [0.717, 1.165) is 5.56 Å². The maximum absolute atomic E-state index is 13.0. The average Bonchev–Trinajstić information content (AvgIpc) is 2.46. The van der Waals surface area contributed by atoms with Crippen LogP contribution in [0.3, 0.4) is 0 Å². The van der Waals surface area contributed by atoms with E-state index in [1.54, 1.807) is 6.20 Å².